The highest BCUT2D eigenvalue weighted by molar-refractivity contribution is 9.09. The van der Waals surface area contributed by atoms with E-state index in [0.717, 1.165) is 11.6 Å². The Balaban J connectivity index is 2.06. The molecular formula is C18H20Br2N4O4S. The molecule has 1 aromatic carbocycles. The average Bonchev–Trinajstić information content (AvgIpc) is 2.72. The van der Waals surface area contributed by atoms with E-state index in [-0.39, 0.29) is 17.1 Å². The Hall–Kier alpha value is -1.56. The van der Waals surface area contributed by atoms with Crippen LogP contribution in [0.4, 0.5) is 11.4 Å². The molecule has 0 aliphatic carbocycles. The Morgan fingerprint density at radius 1 is 1.21 bits per heavy atom. The van der Waals surface area contributed by atoms with Gasteiger partial charge < -0.3 is 4.90 Å². The summed E-state index contributed by atoms with van der Waals surface area (Å²) >= 11 is 6.78. The van der Waals surface area contributed by atoms with Crippen LogP contribution in [0.5, 0.6) is 0 Å². The lowest BCUT2D eigenvalue weighted by Crippen LogP contribution is -2.38. The smallest absolute Gasteiger partial charge is 0.270 e. The Morgan fingerprint density at radius 3 is 2.59 bits per heavy atom. The van der Waals surface area contributed by atoms with Crippen molar-refractivity contribution in [2.75, 3.05) is 35.2 Å². The van der Waals surface area contributed by atoms with E-state index in [1.54, 1.807) is 6.20 Å². The first-order valence-corrected chi connectivity index (χ1v) is 12.6. The number of nitrogens with zero attached hydrogens (tertiary/aromatic N) is 4. The van der Waals surface area contributed by atoms with Crippen molar-refractivity contribution < 1.29 is 13.3 Å². The van der Waals surface area contributed by atoms with Crippen molar-refractivity contribution in [2.45, 2.75) is 17.9 Å². The largest absolute Gasteiger partial charge is 0.369 e. The zero-order chi connectivity index (χ0) is 21.0. The van der Waals surface area contributed by atoms with Gasteiger partial charge in [-0.25, -0.2) is 8.42 Å². The van der Waals surface area contributed by atoms with Crippen LogP contribution >= 0.6 is 31.9 Å². The van der Waals surface area contributed by atoms with Crippen molar-refractivity contribution in [1.82, 2.24) is 9.29 Å². The topological polar surface area (TPSA) is 96.7 Å². The summed E-state index contributed by atoms with van der Waals surface area (Å²) in [7, 11) is -3.96. The molecule has 0 saturated heterocycles. The SMILES string of the molecule is O=[N+]([O-])c1ccc(N(CCBr)CCBr)c(S(=O)(=O)N2CCc3cccnc3C2)c1. The number of nitro benzene ring substituents is 1. The molecule has 2 heterocycles. The molecule has 2 aromatic rings. The lowest BCUT2D eigenvalue weighted by molar-refractivity contribution is -0.385. The molecule has 8 nitrogen and oxygen atoms in total. The predicted molar refractivity (Wildman–Crippen MR) is 118 cm³/mol. The number of non-ortho nitro benzene ring substituents is 1. The predicted octanol–water partition coefficient (Wildman–Crippen LogP) is 3.33. The van der Waals surface area contributed by atoms with Crippen molar-refractivity contribution in [3.63, 3.8) is 0 Å². The van der Waals surface area contributed by atoms with Crippen LogP contribution in [-0.4, -0.2) is 52.9 Å². The maximum Gasteiger partial charge on any atom is 0.270 e. The van der Waals surface area contributed by atoms with Crippen LogP contribution in [0.1, 0.15) is 11.3 Å². The quantitative estimate of drug-likeness (QED) is 0.286. The summed E-state index contributed by atoms with van der Waals surface area (Å²) in [6, 6.07) is 7.80. The number of fused-ring (bicyclic) bond motifs is 1. The maximum atomic E-state index is 13.5. The van der Waals surface area contributed by atoms with E-state index in [1.165, 1.54) is 16.4 Å². The third-order valence-corrected chi connectivity index (χ3v) is 7.35. The van der Waals surface area contributed by atoms with Gasteiger partial charge in [0.05, 0.1) is 22.8 Å². The Kier molecular flexibility index (Phi) is 7.25. The fourth-order valence-electron chi connectivity index (χ4n) is 3.32. The summed E-state index contributed by atoms with van der Waals surface area (Å²) in [5.41, 5.74) is 1.95. The van der Waals surface area contributed by atoms with Gasteiger partial charge in [-0.15, -0.1) is 0 Å². The van der Waals surface area contributed by atoms with Gasteiger partial charge in [0, 0.05) is 48.6 Å². The number of nitro groups is 1. The molecule has 29 heavy (non-hydrogen) atoms. The second-order valence-electron chi connectivity index (χ2n) is 6.47. The molecule has 11 heteroatoms. The third-order valence-electron chi connectivity index (χ3n) is 4.76. The average molecular weight is 548 g/mol. The summed E-state index contributed by atoms with van der Waals surface area (Å²) in [5.74, 6) is 0. The van der Waals surface area contributed by atoms with Crippen LogP contribution in [-0.2, 0) is 23.0 Å². The van der Waals surface area contributed by atoms with Gasteiger partial charge in [-0.3, -0.25) is 15.1 Å². The van der Waals surface area contributed by atoms with Gasteiger partial charge in [-0.1, -0.05) is 37.9 Å². The number of sulfonamides is 1. The molecule has 0 fully saturated rings. The number of halogens is 2. The van der Waals surface area contributed by atoms with Crippen LogP contribution in [0.2, 0.25) is 0 Å². The van der Waals surface area contributed by atoms with E-state index in [4.69, 9.17) is 0 Å². The second-order valence-corrected chi connectivity index (χ2v) is 9.96. The number of aromatic nitrogens is 1. The van der Waals surface area contributed by atoms with Crippen LogP contribution in [0.25, 0.3) is 0 Å². The number of pyridine rings is 1. The van der Waals surface area contributed by atoms with Crippen molar-refractivity contribution >= 4 is 53.3 Å². The first kappa shape index (κ1) is 22.1. The molecular weight excluding hydrogens is 528 g/mol. The van der Waals surface area contributed by atoms with Crippen molar-refractivity contribution in [3.8, 4) is 0 Å². The van der Waals surface area contributed by atoms with Gasteiger partial charge in [0.2, 0.25) is 10.0 Å². The van der Waals surface area contributed by atoms with Crippen molar-refractivity contribution in [2.24, 2.45) is 0 Å². The molecule has 1 aliphatic rings. The number of benzene rings is 1. The lowest BCUT2D eigenvalue weighted by Gasteiger charge is -2.30. The standard InChI is InChI=1S/C18H20Br2N4O4S/c19-6-10-22(11-7-20)17-4-3-15(24(25)26)12-18(17)29(27,28)23-9-5-14-2-1-8-21-16(14)13-23/h1-4,8,12H,5-7,9-11,13H2. The Labute approximate surface area is 186 Å². The summed E-state index contributed by atoms with van der Waals surface area (Å²) < 4.78 is 28.4. The highest BCUT2D eigenvalue weighted by atomic mass is 79.9. The summed E-state index contributed by atoms with van der Waals surface area (Å²) in [6.07, 6.45) is 2.20. The molecule has 0 amide bonds. The van der Waals surface area contributed by atoms with Gasteiger partial charge in [0.25, 0.3) is 5.69 Å². The van der Waals surface area contributed by atoms with Crippen LogP contribution in [0, 0.1) is 10.1 Å². The van der Waals surface area contributed by atoms with Gasteiger partial charge in [0.1, 0.15) is 4.90 Å². The van der Waals surface area contributed by atoms with Crippen LogP contribution in [0.3, 0.4) is 0 Å². The maximum absolute atomic E-state index is 13.5. The molecule has 1 aromatic heterocycles. The molecule has 0 atom stereocenters. The van der Waals surface area contributed by atoms with E-state index in [1.807, 2.05) is 17.0 Å². The molecule has 1 aliphatic heterocycles. The zero-order valence-corrected chi connectivity index (χ0v) is 19.5. The van der Waals surface area contributed by atoms with E-state index in [0.29, 0.717) is 48.1 Å². The summed E-state index contributed by atoms with van der Waals surface area (Å²) in [4.78, 5) is 16.9. The Bertz CT molecular complexity index is 997. The molecule has 0 spiro atoms. The Morgan fingerprint density at radius 2 is 1.93 bits per heavy atom. The molecule has 156 valence electrons. The van der Waals surface area contributed by atoms with E-state index < -0.39 is 14.9 Å². The lowest BCUT2D eigenvalue weighted by atomic mass is 10.1. The van der Waals surface area contributed by atoms with Crippen LogP contribution < -0.4 is 4.90 Å². The number of anilines is 1. The highest BCUT2D eigenvalue weighted by Gasteiger charge is 2.33. The minimum atomic E-state index is -3.96. The fourth-order valence-corrected chi connectivity index (χ4v) is 5.81. The van der Waals surface area contributed by atoms with Crippen molar-refractivity contribution in [1.29, 1.82) is 0 Å². The molecule has 0 bridgehead atoms. The molecule has 0 saturated carbocycles. The number of hydrogen-bond acceptors (Lipinski definition) is 6. The number of hydrogen-bond donors (Lipinski definition) is 0. The van der Waals surface area contributed by atoms with Gasteiger partial charge in [0.15, 0.2) is 0 Å². The van der Waals surface area contributed by atoms with E-state index in [9.17, 15) is 18.5 Å². The zero-order valence-electron chi connectivity index (χ0n) is 15.5. The number of alkyl halides is 2. The summed E-state index contributed by atoms with van der Waals surface area (Å²) in [5, 5.41) is 12.6. The second kappa shape index (κ2) is 9.50. The van der Waals surface area contributed by atoms with Crippen molar-refractivity contribution in [3.05, 3.63) is 57.9 Å². The number of rotatable bonds is 8. The van der Waals surface area contributed by atoms with Crippen LogP contribution in [0.15, 0.2) is 41.4 Å². The first-order valence-electron chi connectivity index (χ1n) is 8.96. The first-order chi connectivity index (χ1) is 13.9. The van der Waals surface area contributed by atoms with Gasteiger partial charge in [-0.2, -0.15) is 4.31 Å². The molecule has 0 unspecified atom stereocenters. The van der Waals surface area contributed by atoms with E-state index in [2.05, 4.69) is 36.8 Å². The fraction of sp³-hybridized carbons (Fsp3) is 0.389. The third kappa shape index (κ3) is 4.79. The summed E-state index contributed by atoms with van der Waals surface area (Å²) in [6.45, 7) is 1.59. The molecule has 3 rings (SSSR count). The molecule has 0 radical (unpaired) electrons. The monoisotopic (exact) mass is 546 g/mol. The molecule has 0 N–H and O–H groups in total. The highest BCUT2D eigenvalue weighted by Crippen LogP contribution is 2.33. The van der Waals surface area contributed by atoms with Gasteiger partial charge >= 0.3 is 0 Å². The normalized spacial score (nSPS) is 14.4. The van der Waals surface area contributed by atoms with Gasteiger partial charge in [-0.05, 0) is 24.1 Å². The minimum Gasteiger partial charge on any atom is -0.369 e. The minimum absolute atomic E-state index is 0.0482. The van der Waals surface area contributed by atoms with E-state index >= 15 is 0 Å².